The molecule has 4 nitrogen and oxygen atoms in total. The number of aliphatic carboxylic acids is 1. The number of nitrogens with one attached hydrogen (secondary N) is 1. The van der Waals surface area contributed by atoms with Crippen LogP contribution in [0.2, 0.25) is 0 Å². The molecule has 18 heavy (non-hydrogen) atoms. The first kappa shape index (κ1) is 14.9. The molecule has 1 unspecified atom stereocenters. The Kier molecular flexibility index (Phi) is 3.70. The number of hydrogen-bond acceptors (Lipinski definition) is 2. The number of alkyl halides is 2. The van der Waals surface area contributed by atoms with Crippen LogP contribution < -0.4 is 5.32 Å². The van der Waals surface area contributed by atoms with Crippen LogP contribution in [0.1, 0.15) is 34.1 Å². The highest BCUT2D eigenvalue weighted by Gasteiger charge is 2.68. The molecule has 1 aliphatic rings. The van der Waals surface area contributed by atoms with E-state index in [0.717, 1.165) is 0 Å². The van der Waals surface area contributed by atoms with Crippen LogP contribution in [0, 0.1) is 16.7 Å². The van der Waals surface area contributed by atoms with E-state index in [2.05, 4.69) is 5.32 Å². The van der Waals surface area contributed by atoms with Gasteiger partial charge in [0.15, 0.2) is 0 Å². The Morgan fingerprint density at radius 1 is 1.22 bits per heavy atom. The highest BCUT2D eigenvalue weighted by molar-refractivity contribution is 5.88. The summed E-state index contributed by atoms with van der Waals surface area (Å²) in [6.45, 7) is 7.61. The summed E-state index contributed by atoms with van der Waals surface area (Å²) >= 11 is 0. The monoisotopic (exact) mass is 263 g/mol. The minimum atomic E-state index is -2.76. The second-order valence-electron chi connectivity index (χ2n) is 5.90. The molecule has 0 bridgehead atoms. The maximum Gasteiger partial charge on any atom is 0.326 e. The van der Waals surface area contributed by atoms with Crippen molar-refractivity contribution in [2.75, 3.05) is 0 Å². The van der Waals surface area contributed by atoms with E-state index in [1.165, 1.54) is 0 Å². The van der Waals surface area contributed by atoms with Crippen molar-refractivity contribution in [1.82, 2.24) is 5.32 Å². The van der Waals surface area contributed by atoms with Gasteiger partial charge in [-0.15, -0.1) is 0 Å². The van der Waals surface area contributed by atoms with Crippen molar-refractivity contribution in [3.63, 3.8) is 0 Å². The predicted octanol–water partition coefficient (Wildman–Crippen LogP) is 1.89. The van der Waals surface area contributed by atoms with Crippen LogP contribution in [-0.4, -0.2) is 29.5 Å². The molecule has 1 rings (SSSR count). The second-order valence-corrected chi connectivity index (χ2v) is 5.90. The summed E-state index contributed by atoms with van der Waals surface area (Å²) in [6.07, 6.45) is -3.62. The van der Waals surface area contributed by atoms with E-state index in [9.17, 15) is 18.4 Å². The number of hydrogen-bond donors (Lipinski definition) is 2. The lowest BCUT2D eigenvalue weighted by atomic mass is 10.0. The highest BCUT2D eigenvalue weighted by Crippen LogP contribution is 2.68. The molecule has 0 heterocycles. The second kappa shape index (κ2) is 4.48. The van der Waals surface area contributed by atoms with Gasteiger partial charge >= 0.3 is 5.97 Å². The van der Waals surface area contributed by atoms with Gasteiger partial charge in [0.25, 0.3) is 0 Å². The molecular formula is C12H19F2NO3. The molecule has 0 radical (unpaired) electrons. The topological polar surface area (TPSA) is 66.4 Å². The molecule has 0 aromatic heterocycles. The lowest BCUT2D eigenvalue weighted by Gasteiger charge is -2.14. The summed E-state index contributed by atoms with van der Waals surface area (Å²) in [6, 6.07) is -1.52. The zero-order valence-electron chi connectivity index (χ0n) is 11.0. The van der Waals surface area contributed by atoms with Crippen molar-refractivity contribution in [3.8, 4) is 0 Å². The summed E-state index contributed by atoms with van der Waals surface area (Å²) in [5.41, 5.74) is -0.490. The van der Waals surface area contributed by atoms with Crippen LogP contribution in [0.5, 0.6) is 0 Å². The summed E-state index contributed by atoms with van der Waals surface area (Å²) in [4.78, 5) is 22.7. The predicted molar refractivity (Wildman–Crippen MR) is 61.2 cm³/mol. The van der Waals surface area contributed by atoms with Gasteiger partial charge in [0.2, 0.25) is 12.3 Å². The normalized spacial score (nSPS) is 22.6. The van der Waals surface area contributed by atoms with E-state index in [1.807, 2.05) is 27.7 Å². The minimum absolute atomic E-state index is 0.245. The fraction of sp³-hybridized carbons (Fsp3) is 0.833. The Hall–Kier alpha value is -1.20. The Morgan fingerprint density at radius 3 is 1.94 bits per heavy atom. The molecule has 6 heteroatoms. The molecule has 0 saturated heterocycles. The third kappa shape index (κ3) is 2.47. The fourth-order valence-corrected chi connectivity index (χ4v) is 2.51. The minimum Gasteiger partial charge on any atom is -0.480 e. The average molecular weight is 263 g/mol. The first-order valence-electron chi connectivity index (χ1n) is 5.83. The van der Waals surface area contributed by atoms with Gasteiger partial charge in [-0.3, -0.25) is 4.79 Å². The third-order valence-corrected chi connectivity index (χ3v) is 4.31. The summed E-state index contributed by atoms with van der Waals surface area (Å²) < 4.78 is 24.4. The van der Waals surface area contributed by atoms with E-state index < -0.39 is 30.8 Å². The highest BCUT2D eigenvalue weighted by atomic mass is 19.3. The molecule has 1 atom stereocenters. The SMILES string of the molecule is CC1(C)C(C(=O)NC(CC(F)F)C(=O)O)C1(C)C. The quantitative estimate of drug-likeness (QED) is 0.796. The summed E-state index contributed by atoms with van der Waals surface area (Å²) in [5, 5.41) is 11.0. The van der Waals surface area contributed by atoms with E-state index in [0.29, 0.717) is 0 Å². The van der Waals surface area contributed by atoms with Crippen LogP contribution in [0.3, 0.4) is 0 Å². The van der Waals surface area contributed by atoms with Crippen LogP contribution in [0.25, 0.3) is 0 Å². The summed E-state index contributed by atoms with van der Waals surface area (Å²) in [7, 11) is 0. The van der Waals surface area contributed by atoms with E-state index in [4.69, 9.17) is 5.11 Å². The molecule has 0 aliphatic heterocycles. The van der Waals surface area contributed by atoms with Gasteiger partial charge < -0.3 is 10.4 Å². The zero-order chi connectivity index (χ0) is 14.3. The third-order valence-electron chi connectivity index (χ3n) is 4.31. The zero-order valence-corrected chi connectivity index (χ0v) is 11.0. The molecule has 0 aromatic carbocycles. The molecule has 1 amide bonds. The Labute approximate surface area is 105 Å². The molecule has 0 spiro atoms. The Morgan fingerprint density at radius 2 is 1.67 bits per heavy atom. The lowest BCUT2D eigenvalue weighted by molar-refractivity contribution is -0.143. The maximum absolute atomic E-state index is 12.2. The molecule has 104 valence electrons. The number of carbonyl (C=O) groups is 2. The number of carbonyl (C=O) groups excluding carboxylic acids is 1. The van der Waals surface area contributed by atoms with Gasteiger partial charge in [0.05, 0.1) is 0 Å². The number of carboxylic acid groups (broad SMARTS) is 1. The van der Waals surface area contributed by atoms with Gasteiger partial charge in [0.1, 0.15) is 6.04 Å². The average Bonchev–Trinajstić information content (AvgIpc) is 2.54. The number of rotatable bonds is 5. The number of carboxylic acids is 1. The largest absolute Gasteiger partial charge is 0.480 e. The van der Waals surface area contributed by atoms with Crippen molar-refractivity contribution in [1.29, 1.82) is 0 Å². The van der Waals surface area contributed by atoms with Gasteiger partial charge in [-0.2, -0.15) is 0 Å². The Bertz CT molecular complexity index is 352. The molecule has 1 saturated carbocycles. The van der Waals surface area contributed by atoms with Crippen molar-refractivity contribution in [3.05, 3.63) is 0 Å². The van der Waals surface area contributed by atoms with Crippen LogP contribution in [0.4, 0.5) is 8.78 Å². The standard InChI is InChI=1S/C12H19F2NO3/c1-11(2)8(12(11,3)4)9(16)15-6(10(17)18)5-7(13)14/h6-8H,5H2,1-4H3,(H,15,16)(H,17,18). The van der Waals surface area contributed by atoms with Crippen molar-refractivity contribution >= 4 is 11.9 Å². The molecule has 2 N–H and O–H groups in total. The van der Waals surface area contributed by atoms with Crippen molar-refractivity contribution < 1.29 is 23.5 Å². The Balaban J connectivity index is 2.67. The molecule has 0 aromatic rings. The molecule has 1 fully saturated rings. The summed E-state index contributed by atoms with van der Waals surface area (Å²) in [5.74, 6) is -2.23. The van der Waals surface area contributed by atoms with Crippen LogP contribution in [-0.2, 0) is 9.59 Å². The molecular weight excluding hydrogens is 244 g/mol. The van der Waals surface area contributed by atoms with E-state index in [1.54, 1.807) is 0 Å². The van der Waals surface area contributed by atoms with Gasteiger partial charge in [-0.25, -0.2) is 13.6 Å². The van der Waals surface area contributed by atoms with Crippen molar-refractivity contribution in [2.45, 2.75) is 46.6 Å². The van der Waals surface area contributed by atoms with E-state index >= 15 is 0 Å². The van der Waals surface area contributed by atoms with Gasteiger partial charge in [0, 0.05) is 12.3 Å². The van der Waals surface area contributed by atoms with E-state index in [-0.39, 0.29) is 16.7 Å². The molecule has 1 aliphatic carbocycles. The first-order valence-corrected chi connectivity index (χ1v) is 5.83. The first-order chi connectivity index (χ1) is 8.01. The lowest BCUT2D eigenvalue weighted by Crippen LogP contribution is -2.43. The number of halogens is 2. The smallest absolute Gasteiger partial charge is 0.326 e. The van der Waals surface area contributed by atoms with Gasteiger partial charge in [-0.1, -0.05) is 27.7 Å². The van der Waals surface area contributed by atoms with Crippen LogP contribution in [0.15, 0.2) is 0 Å². The maximum atomic E-state index is 12.2. The fourth-order valence-electron chi connectivity index (χ4n) is 2.51. The van der Waals surface area contributed by atoms with Gasteiger partial charge in [-0.05, 0) is 10.8 Å². The van der Waals surface area contributed by atoms with Crippen LogP contribution >= 0.6 is 0 Å². The number of amides is 1. The van der Waals surface area contributed by atoms with Crippen molar-refractivity contribution in [2.24, 2.45) is 16.7 Å².